The molecule has 3 aliphatic rings. The number of fused-ring (bicyclic) bond motifs is 1. The SMILES string of the molecule is CN1CCN(C2CCC(n3cc(-c4ccc(C5(S(N)(=O)=O)C=CC(F)=CC5)c(F)c4)c4c(N)ncnc43)CC2)CC1. The van der Waals surface area contributed by atoms with Crippen LogP contribution in [0.3, 0.4) is 0 Å². The van der Waals surface area contributed by atoms with E-state index in [9.17, 15) is 12.8 Å². The first kappa shape index (κ1) is 28.0. The van der Waals surface area contributed by atoms with Gasteiger partial charge in [-0.2, -0.15) is 0 Å². The number of halogens is 2. The van der Waals surface area contributed by atoms with Crippen LogP contribution in [0.25, 0.3) is 22.2 Å². The molecule has 4 N–H and O–H groups in total. The van der Waals surface area contributed by atoms with Gasteiger partial charge in [0.2, 0.25) is 10.0 Å². The number of allylic oxidation sites excluding steroid dienone is 3. The zero-order chi connectivity index (χ0) is 28.9. The van der Waals surface area contributed by atoms with Crippen LogP contribution in [0.5, 0.6) is 0 Å². The Morgan fingerprint density at radius 1 is 1.02 bits per heavy atom. The maximum atomic E-state index is 15.8. The fraction of sp³-hybridized carbons (Fsp3) is 0.448. The van der Waals surface area contributed by atoms with E-state index in [2.05, 4.69) is 31.4 Å². The lowest BCUT2D eigenvalue weighted by Gasteiger charge is -2.41. The number of hydrogen-bond acceptors (Lipinski definition) is 7. The lowest BCUT2D eigenvalue weighted by atomic mass is 9.89. The summed E-state index contributed by atoms with van der Waals surface area (Å²) >= 11 is 0. The van der Waals surface area contributed by atoms with Crippen LogP contribution in [0.1, 0.15) is 43.7 Å². The van der Waals surface area contributed by atoms with E-state index < -0.39 is 26.4 Å². The van der Waals surface area contributed by atoms with Crippen molar-refractivity contribution in [1.29, 1.82) is 0 Å². The van der Waals surface area contributed by atoms with Gasteiger partial charge < -0.3 is 15.2 Å². The molecule has 1 saturated heterocycles. The molecule has 0 amide bonds. The van der Waals surface area contributed by atoms with Crippen LogP contribution in [0, 0.1) is 5.82 Å². The summed E-state index contributed by atoms with van der Waals surface area (Å²) in [6.45, 7) is 4.39. The summed E-state index contributed by atoms with van der Waals surface area (Å²) < 4.78 is 54.9. The van der Waals surface area contributed by atoms with Gasteiger partial charge in [0.1, 0.15) is 34.2 Å². The van der Waals surface area contributed by atoms with Crippen molar-refractivity contribution in [3.8, 4) is 11.1 Å². The van der Waals surface area contributed by atoms with Crippen LogP contribution in [-0.4, -0.2) is 72.0 Å². The van der Waals surface area contributed by atoms with Crippen LogP contribution < -0.4 is 10.9 Å². The highest BCUT2D eigenvalue weighted by atomic mass is 32.2. The predicted molar refractivity (Wildman–Crippen MR) is 155 cm³/mol. The Hall–Kier alpha value is -3.19. The van der Waals surface area contributed by atoms with Gasteiger partial charge in [-0.3, -0.25) is 4.90 Å². The van der Waals surface area contributed by atoms with E-state index in [1.807, 2.05) is 6.20 Å². The van der Waals surface area contributed by atoms with E-state index in [1.165, 1.54) is 18.5 Å². The largest absolute Gasteiger partial charge is 0.383 e. The third-order valence-corrected chi connectivity index (χ3v) is 10.6. The van der Waals surface area contributed by atoms with Crippen LogP contribution >= 0.6 is 0 Å². The number of aromatic nitrogens is 3. The zero-order valence-corrected chi connectivity index (χ0v) is 23.8. The molecule has 0 bridgehead atoms. The number of anilines is 1. The Kier molecular flexibility index (Phi) is 7.21. The molecule has 2 aliphatic carbocycles. The number of rotatable bonds is 5. The standard InChI is InChI=1S/C29H35F2N7O2S/c1-36-12-14-37(15-13-36)21-3-5-22(6-4-21)38-17-23(26-27(32)34-18-35-28(26)38)19-2-7-24(25(31)16-19)29(41(33,39)40)10-8-20(30)9-11-29/h2,7-10,16-18,21-22H,3-6,11-15H2,1H3,(H2,32,34,35)(H2,33,39,40). The van der Waals surface area contributed by atoms with Crippen molar-refractivity contribution >= 4 is 26.9 Å². The molecule has 1 aromatic carbocycles. The Morgan fingerprint density at radius 3 is 2.37 bits per heavy atom. The molecule has 0 radical (unpaired) electrons. The number of nitrogens with two attached hydrogens (primary N) is 2. The fourth-order valence-electron chi connectivity index (χ4n) is 6.68. The van der Waals surface area contributed by atoms with E-state index in [0.717, 1.165) is 70.1 Å². The minimum atomic E-state index is -4.32. The molecule has 12 heteroatoms. The van der Waals surface area contributed by atoms with Gasteiger partial charge in [0, 0.05) is 55.6 Å². The van der Waals surface area contributed by atoms with Gasteiger partial charge in [-0.15, -0.1) is 0 Å². The van der Waals surface area contributed by atoms with E-state index >= 15 is 4.39 Å². The molecule has 1 aliphatic heterocycles. The van der Waals surface area contributed by atoms with Crippen molar-refractivity contribution in [3.63, 3.8) is 0 Å². The number of benzene rings is 1. The Morgan fingerprint density at radius 2 is 1.73 bits per heavy atom. The molecule has 0 spiro atoms. The summed E-state index contributed by atoms with van der Waals surface area (Å²) in [7, 11) is -2.15. The third-order valence-electron chi connectivity index (χ3n) is 9.11. The monoisotopic (exact) mass is 583 g/mol. The first-order valence-electron chi connectivity index (χ1n) is 14.0. The minimum Gasteiger partial charge on any atom is -0.383 e. The number of likely N-dealkylation sites (N-methyl/N-ethyl adjacent to an activating group) is 1. The smallest absolute Gasteiger partial charge is 0.223 e. The summed E-state index contributed by atoms with van der Waals surface area (Å²) in [5.41, 5.74) is 8.05. The van der Waals surface area contributed by atoms with E-state index in [0.29, 0.717) is 28.2 Å². The molecule has 2 fully saturated rings. The Bertz CT molecular complexity index is 1640. The van der Waals surface area contributed by atoms with Gasteiger partial charge >= 0.3 is 0 Å². The number of nitrogens with zero attached hydrogens (tertiary/aromatic N) is 5. The Balaban J connectivity index is 1.33. The first-order valence-corrected chi connectivity index (χ1v) is 15.5. The molecule has 9 nitrogen and oxygen atoms in total. The van der Waals surface area contributed by atoms with Gasteiger partial charge in [-0.05, 0) is 62.9 Å². The third kappa shape index (κ3) is 4.96. The number of nitrogen functional groups attached to an aromatic ring is 1. The second kappa shape index (κ2) is 10.6. The number of hydrogen-bond donors (Lipinski definition) is 2. The summed E-state index contributed by atoms with van der Waals surface area (Å²) in [5, 5.41) is 6.17. The second-order valence-electron chi connectivity index (χ2n) is 11.5. The van der Waals surface area contributed by atoms with Crippen molar-refractivity contribution in [3.05, 3.63) is 66.2 Å². The molecular formula is C29H35F2N7O2S. The average Bonchev–Trinajstić information content (AvgIpc) is 3.35. The zero-order valence-electron chi connectivity index (χ0n) is 23.0. The molecule has 1 unspecified atom stereocenters. The van der Waals surface area contributed by atoms with Crippen molar-refractivity contribution < 1.29 is 17.2 Å². The molecule has 41 heavy (non-hydrogen) atoms. The summed E-state index contributed by atoms with van der Waals surface area (Å²) in [5.74, 6) is -1.07. The second-order valence-corrected chi connectivity index (χ2v) is 13.3. The quantitative estimate of drug-likeness (QED) is 0.468. The van der Waals surface area contributed by atoms with Crippen molar-refractivity contribution in [2.45, 2.75) is 48.9 Å². The average molecular weight is 584 g/mol. The Labute approximate surface area is 238 Å². The summed E-state index contributed by atoms with van der Waals surface area (Å²) in [6.07, 6.45) is 10.5. The van der Waals surface area contributed by atoms with Gasteiger partial charge in [0.25, 0.3) is 0 Å². The maximum Gasteiger partial charge on any atom is 0.223 e. The van der Waals surface area contributed by atoms with Gasteiger partial charge in [0.05, 0.1) is 5.39 Å². The van der Waals surface area contributed by atoms with Gasteiger partial charge in [0.15, 0.2) is 0 Å². The molecule has 3 aromatic rings. The van der Waals surface area contributed by atoms with Gasteiger partial charge in [-0.1, -0.05) is 18.2 Å². The van der Waals surface area contributed by atoms with Crippen LogP contribution in [0.2, 0.25) is 0 Å². The van der Waals surface area contributed by atoms with Gasteiger partial charge in [-0.25, -0.2) is 32.3 Å². The van der Waals surface area contributed by atoms with Crippen molar-refractivity contribution in [2.75, 3.05) is 39.0 Å². The van der Waals surface area contributed by atoms with Crippen LogP contribution in [-0.2, 0) is 14.8 Å². The van der Waals surface area contributed by atoms with E-state index in [1.54, 1.807) is 6.07 Å². The fourth-order valence-corrected chi connectivity index (χ4v) is 7.73. The highest BCUT2D eigenvalue weighted by Crippen LogP contribution is 2.43. The van der Waals surface area contributed by atoms with E-state index in [4.69, 9.17) is 10.9 Å². The maximum absolute atomic E-state index is 15.8. The number of primary sulfonamides is 1. The van der Waals surface area contributed by atoms with Crippen molar-refractivity contribution in [2.24, 2.45) is 5.14 Å². The summed E-state index contributed by atoms with van der Waals surface area (Å²) in [4.78, 5) is 13.7. The molecule has 1 saturated carbocycles. The minimum absolute atomic E-state index is 0.140. The van der Waals surface area contributed by atoms with Crippen LogP contribution in [0.15, 0.2) is 54.8 Å². The highest BCUT2D eigenvalue weighted by Gasteiger charge is 2.44. The number of piperazine rings is 1. The molecule has 6 rings (SSSR count). The lowest BCUT2D eigenvalue weighted by molar-refractivity contribution is 0.0828. The number of sulfonamides is 1. The lowest BCUT2D eigenvalue weighted by Crippen LogP contribution is -2.49. The molecule has 1 atom stereocenters. The predicted octanol–water partition coefficient (Wildman–Crippen LogP) is 3.85. The molecule has 218 valence electrons. The van der Waals surface area contributed by atoms with Crippen LogP contribution in [0.4, 0.5) is 14.6 Å². The van der Waals surface area contributed by atoms with E-state index in [-0.39, 0.29) is 23.8 Å². The highest BCUT2D eigenvalue weighted by molar-refractivity contribution is 7.90. The first-order chi connectivity index (χ1) is 19.6. The summed E-state index contributed by atoms with van der Waals surface area (Å²) in [6, 6.07) is 5.12. The topological polar surface area (TPSA) is 123 Å². The normalized spacial score (nSPS) is 26.4. The molecular weight excluding hydrogens is 548 g/mol. The van der Waals surface area contributed by atoms with Crippen molar-refractivity contribution in [1.82, 2.24) is 24.3 Å². The molecule has 3 heterocycles. The molecule has 2 aromatic heterocycles.